The number of ether oxygens (including phenoxy) is 1. The van der Waals surface area contributed by atoms with Crippen LogP contribution in [-0.4, -0.2) is 32.1 Å². The van der Waals surface area contributed by atoms with Gasteiger partial charge in [-0.25, -0.2) is 0 Å². The van der Waals surface area contributed by atoms with Crippen molar-refractivity contribution in [3.63, 3.8) is 0 Å². The lowest BCUT2D eigenvalue weighted by Crippen LogP contribution is -1.88. The number of rotatable bonds is 0. The first kappa shape index (κ1) is 15.7. The standard InChI is InChI=1S/C3H6O2.CH4O.CH2O/c1-3(4)5-2;2*1-2/h1-2H3;2H,1H3;1H2. The summed E-state index contributed by atoms with van der Waals surface area (Å²) in [5.41, 5.74) is 0. The molecule has 56 valence electrons. The van der Waals surface area contributed by atoms with Gasteiger partial charge in [-0.05, 0) is 0 Å². The van der Waals surface area contributed by atoms with E-state index in [0.717, 1.165) is 7.11 Å². The van der Waals surface area contributed by atoms with Crippen LogP contribution in [0.4, 0.5) is 0 Å². The summed E-state index contributed by atoms with van der Waals surface area (Å²) in [6.45, 7) is 3.36. The SMILES string of the molecule is C=O.CO.COC(C)=O. The third-order valence-electron chi connectivity index (χ3n) is 0.287. The predicted molar refractivity (Wildman–Crippen MR) is 33.0 cm³/mol. The Kier molecular flexibility index (Phi) is 48.0. The van der Waals surface area contributed by atoms with Gasteiger partial charge in [0.2, 0.25) is 0 Å². The maximum absolute atomic E-state index is 9.59. The first-order valence-corrected chi connectivity index (χ1v) is 2.05. The van der Waals surface area contributed by atoms with Gasteiger partial charge in [0.15, 0.2) is 0 Å². The molecule has 1 N–H and O–H groups in total. The van der Waals surface area contributed by atoms with Crippen molar-refractivity contribution in [3.05, 3.63) is 0 Å². The van der Waals surface area contributed by atoms with Crippen LogP contribution in [0.25, 0.3) is 0 Å². The lowest BCUT2D eigenvalue weighted by molar-refractivity contribution is -0.137. The molecular formula is C5H12O4. The fourth-order valence-corrected chi connectivity index (χ4v) is 0. The lowest BCUT2D eigenvalue weighted by atomic mass is 10.8. The maximum atomic E-state index is 9.59. The molecule has 0 aromatic carbocycles. The number of hydrogen-bond acceptors (Lipinski definition) is 4. The van der Waals surface area contributed by atoms with E-state index >= 15 is 0 Å². The summed E-state index contributed by atoms with van der Waals surface area (Å²) >= 11 is 0. The number of aliphatic hydroxyl groups is 1. The van der Waals surface area contributed by atoms with Crippen LogP contribution in [0.15, 0.2) is 0 Å². The fraction of sp³-hybridized carbons (Fsp3) is 0.600. The van der Waals surface area contributed by atoms with Crippen LogP contribution in [0.1, 0.15) is 6.92 Å². The van der Waals surface area contributed by atoms with Crippen molar-refractivity contribution >= 4 is 12.8 Å². The van der Waals surface area contributed by atoms with Crippen LogP contribution in [0.3, 0.4) is 0 Å². The van der Waals surface area contributed by atoms with E-state index < -0.39 is 0 Å². The Hall–Kier alpha value is -0.900. The molecule has 0 atom stereocenters. The zero-order valence-electron chi connectivity index (χ0n) is 5.88. The predicted octanol–water partition coefficient (Wildman–Crippen LogP) is -0.397. The molecule has 0 aromatic rings. The van der Waals surface area contributed by atoms with E-state index in [9.17, 15) is 4.79 Å². The first-order chi connectivity index (χ1) is 4.27. The Morgan fingerprint density at radius 3 is 1.56 bits per heavy atom. The van der Waals surface area contributed by atoms with Gasteiger partial charge in [-0.2, -0.15) is 0 Å². The van der Waals surface area contributed by atoms with Crippen molar-refractivity contribution in [2.75, 3.05) is 14.2 Å². The number of hydrogen-bond donors (Lipinski definition) is 1. The van der Waals surface area contributed by atoms with Gasteiger partial charge in [0, 0.05) is 14.0 Å². The van der Waals surface area contributed by atoms with Crippen LogP contribution in [0, 0.1) is 0 Å². The van der Waals surface area contributed by atoms with Crippen molar-refractivity contribution in [1.29, 1.82) is 0 Å². The van der Waals surface area contributed by atoms with Gasteiger partial charge in [0.1, 0.15) is 6.79 Å². The Labute approximate surface area is 54.4 Å². The molecule has 0 saturated carbocycles. The molecule has 9 heavy (non-hydrogen) atoms. The summed E-state index contributed by atoms with van der Waals surface area (Å²) < 4.78 is 4.11. The van der Waals surface area contributed by atoms with Gasteiger partial charge < -0.3 is 14.6 Å². The topological polar surface area (TPSA) is 63.6 Å². The van der Waals surface area contributed by atoms with Crippen LogP contribution >= 0.6 is 0 Å². The van der Waals surface area contributed by atoms with E-state index in [1.807, 2.05) is 6.79 Å². The highest BCUT2D eigenvalue weighted by molar-refractivity contribution is 5.65. The van der Waals surface area contributed by atoms with Crippen molar-refractivity contribution in [1.82, 2.24) is 0 Å². The average Bonchev–Trinajstić information content (AvgIpc) is 1.97. The molecule has 0 radical (unpaired) electrons. The van der Waals surface area contributed by atoms with Crippen LogP contribution in [0.5, 0.6) is 0 Å². The first-order valence-electron chi connectivity index (χ1n) is 2.05. The zero-order chi connectivity index (χ0) is 8.28. The van der Waals surface area contributed by atoms with E-state index in [4.69, 9.17) is 9.90 Å². The third-order valence-corrected chi connectivity index (χ3v) is 0.287. The van der Waals surface area contributed by atoms with Gasteiger partial charge >= 0.3 is 5.97 Å². The maximum Gasteiger partial charge on any atom is 0.302 e. The van der Waals surface area contributed by atoms with Gasteiger partial charge in [-0.1, -0.05) is 0 Å². The van der Waals surface area contributed by atoms with Crippen molar-refractivity contribution < 1.29 is 19.4 Å². The Bertz CT molecular complexity index is 52.9. The van der Waals surface area contributed by atoms with E-state index in [1.165, 1.54) is 14.0 Å². The third kappa shape index (κ3) is 153. The highest BCUT2D eigenvalue weighted by atomic mass is 16.5. The quantitative estimate of drug-likeness (QED) is 0.460. The van der Waals surface area contributed by atoms with Crippen molar-refractivity contribution in [2.45, 2.75) is 6.92 Å². The van der Waals surface area contributed by atoms with E-state index in [2.05, 4.69) is 4.74 Å². The van der Waals surface area contributed by atoms with Crippen LogP contribution in [-0.2, 0) is 14.3 Å². The summed E-state index contributed by atoms with van der Waals surface area (Å²) in [5, 5.41) is 7.00. The molecule has 0 bridgehead atoms. The average molecular weight is 136 g/mol. The summed E-state index contributed by atoms with van der Waals surface area (Å²) in [4.78, 5) is 17.6. The molecule has 0 aromatic heterocycles. The second kappa shape index (κ2) is 27.5. The molecular weight excluding hydrogens is 124 g/mol. The van der Waals surface area contributed by atoms with Crippen LogP contribution in [0.2, 0.25) is 0 Å². The summed E-state index contributed by atoms with van der Waals surface area (Å²) in [5.74, 6) is -0.245. The molecule has 0 rings (SSSR count). The smallest absolute Gasteiger partial charge is 0.302 e. The van der Waals surface area contributed by atoms with Gasteiger partial charge in [-0.15, -0.1) is 0 Å². The highest BCUT2D eigenvalue weighted by Gasteiger charge is 1.75. The fourth-order valence-electron chi connectivity index (χ4n) is 0. The molecule has 0 saturated heterocycles. The second-order valence-corrected chi connectivity index (χ2v) is 0.696. The normalized spacial score (nSPS) is 4.89. The molecule has 0 fully saturated rings. The number of carbonyl (C=O) groups excluding carboxylic acids is 2. The van der Waals surface area contributed by atoms with Crippen molar-refractivity contribution in [2.24, 2.45) is 0 Å². The lowest BCUT2D eigenvalue weighted by Gasteiger charge is -1.80. The van der Waals surface area contributed by atoms with Crippen LogP contribution < -0.4 is 0 Å². The monoisotopic (exact) mass is 136 g/mol. The Morgan fingerprint density at radius 2 is 1.56 bits per heavy atom. The Balaban J connectivity index is -0.0000000771. The molecule has 0 spiro atoms. The largest absolute Gasteiger partial charge is 0.469 e. The highest BCUT2D eigenvalue weighted by Crippen LogP contribution is 1.60. The molecule has 0 aliphatic carbocycles. The van der Waals surface area contributed by atoms with Gasteiger partial charge in [0.25, 0.3) is 0 Å². The number of aliphatic hydroxyl groups excluding tert-OH is 1. The molecule has 0 amide bonds. The van der Waals surface area contributed by atoms with Crippen molar-refractivity contribution in [3.8, 4) is 0 Å². The molecule has 0 aliphatic rings. The summed E-state index contributed by atoms with van der Waals surface area (Å²) in [6, 6.07) is 0. The van der Waals surface area contributed by atoms with E-state index in [1.54, 1.807) is 0 Å². The minimum Gasteiger partial charge on any atom is -0.469 e. The number of methoxy groups -OCH3 is 1. The summed E-state index contributed by atoms with van der Waals surface area (Å²) in [7, 11) is 2.35. The Morgan fingerprint density at radius 1 is 1.44 bits per heavy atom. The zero-order valence-corrected chi connectivity index (χ0v) is 5.88. The van der Waals surface area contributed by atoms with Gasteiger partial charge in [0.05, 0.1) is 7.11 Å². The summed E-state index contributed by atoms with van der Waals surface area (Å²) in [6.07, 6.45) is 0. The molecule has 0 unspecified atom stereocenters. The molecule has 4 nitrogen and oxygen atoms in total. The minimum atomic E-state index is -0.245. The second-order valence-electron chi connectivity index (χ2n) is 0.696. The van der Waals surface area contributed by atoms with E-state index in [-0.39, 0.29) is 5.97 Å². The minimum absolute atomic E-state index is 0.245. The molecule has 0 heterocycles. The van der Waals surface area contributed by atoms with Gasteiger partial charge in [-0.3, -0.25) is 4.79 Å². The van der Waals surface area contributed by atoms with E-state index in [0.29, 0.717) is 0 Å². The number of carbonyl (C=O) groups is 2. The molecule has 0 aliphatic heterocycles. The number of esters is 1. The molecule has 4 heteroatoms.